The SMILES string of the molecule is CCOc1ccc(/C=N\NC(=O)c2cc(-c3ccco3)[nH]n2)cc1OC. The molecular weight excluding hydrogens is 336 g/mol. The van der Waals surface area contributed by atoms with Crippen molar-refractivity contribution >= 4 is 12.1 Å². The molecular formula is C18H18N4O4. The van der Waals surface area contributed by atoms with Crippen LogP contribution in [0.5, 0.6) is 11.5 Å². The Morgan fingerprint density at radius 2 is 2.23 bits per heavy atom. The number of ether oxygens (including phenoxy) is 2. The standard InChI is InChI=1S/C18H18N4O4/c1-3-25-16-7-6-12(9-17(16)24-2)11-19-22-18(23)14-10-13(20-21-14)15-5-4-8-26-15/h4-11H,3H2,1-2H3,(H,20,21)(H,22,23)/b19-11-. The summed E-state index contributed by atoms with van der Waals surface area (Å²) in [5.41, 5.74) is 4.00. The second-order valence-corrected chi connectivity index (χ2v) is 5.19. The van der Waals surface area contributed by atoms with Crippen LogP contribution in [-0.4, -0.2) is 36.0 Å². The van der Waals surface area contributed by atoms with Crippen LogP contribution in [0.15, 0.2) is 52.2 Å². The third kappa shape index (κ3) is 3.92. The van der Waals surface area contributed by atoms with Crippen molar-refractivity contribution in [1.29, 1.82) is 0 Å². The minimum absolute atomic E-state index is 0.206. The number of furan rings is 1. The Hall–Kier alpha value is -3.55. The molecule has 3 aromatic rings. The first-order chi connectivity index (χ1) is 12.7. The van der Waals surface area contributed by atoms with Gasteiger partial charge in [0.15, 0.2) is 23.0 Å². The molecule has 0 atom stereocenters. The predicted molar refractivity (Wildman–Crippen MR) is 95.5 cm³/mol. The van der Waals surface area contributed by atoms with Crippen molar-refractivity contribution in [3.63, 3.8) is 0 Å². The summed E-state index contributed by atoms with van der Waals surface area (Å²) in [5, 5.41) is 10.6. The lowest BCUT2D eigenvalue weighted by molar-refractivity contribution is 0.0950. The minimum Gasteiger partial charge on any atom is -0.493 e. The molecule has 2 heterocycles. The molecule has 0 aliphatic heterocycles. The Morgan fingerprint density at radius 1 is 1.35 bits per heavy atom. The van der Waals surface area contributed by atoms with Crippen molar-refractivity contribution in [1.82, 2.24) is 15.6 Å². The molecule has 2 aromatic heterocycles. The highest BCUT2D eigenvalue weighted by molar-refractivity contribution is 5.94. The van der Waals surface area contributed by atoms with Crippen LogP contribution in [0.1, 0.15) is 23.0 Å². The highest BCUT2D eigenvalue weighted by atomic mass is 16.5. The molecule has 0 bridgehead atoms. The van der Waals surface area contributed by atoms with E-state index in [-0.39, 0.29) is 5.69 Å². The quantitative estimate of drug-likeness (QED) is 0.502. The van der Waals surface area contributed by atoms with E-state index in [1.165, 1.54) is 6.21 Å². The van der Waals surface area contributed by atoms with E-state index in [1.807, 2.05) is 13.0 Å². The molecule has 0 saturated heterocycles. The maximum Gasteiger partial charge on any atom is 0.291 e. The molecule has 0 saturated carbocycles. The maximum atomic E-state index is 12.1. The number of H-pyrrole nitrogens is 1. The van der Waals surface area contributed by atoms with Crippen LogP contribution in [0.2, 0.25) is 0 Å². The molecule has 1 aromatic carbocycles. The van der Waals surface area contributed by atoms with Gasteiger partial charge in [-0.15, -0.1) is 0 Å². The molecule has 3 rings (SSSR count). The van der Waals surface area contributed by atoms with Crippen molar-refractivity contribution in [3.8, 4) is 23.0 Å². The second kappa shape index (κ2) is 8.02. The van der Waals surface area contributed by atoms with Gasteiger partial charge in [-0.05, 0) is 42.8 Å². The zero-order chi connectivity index (χ0) is 18.4. The number of carbonyl (C=O) groups excluding carboxylic acids is 1. The van der Waals surface area contributed by atoms with Crippen LogP contribution >= 0.6 is 0 Å². The fourth-order valence-electron chi connectivity index (χ4n) is 2.26. The zero-order valence-corrected chi connectivity index (χ0v) is 14.4. The number of aromatic nitrogens is 2. The largest absolute Gasteiger partial charge is 0.493 e. The molecule has 0 aliphatic rings. The first-order valence-corrected chi connectivity index (χ1v) is 7.94. The van der Waals surface area contributed by atoms with Crippen LogP contribution in [0, 0.1) is 0 Å². The third-order valence-electron chi connectivity index (χ3n) is 3.46. The Morgan fingerprint density at radius 3 is 2.96 bits per heavy atom. The Balaban J connectivity index is 1.64. The van der Waals surface area contributed by atoms with Crippen molar-refractivity contribution in [3.05, 3.63) is 53.9 Å². The average molecular weight is 354 g/mol. The lowest BCUT2D eigenvalue weighted by Crippen LogP contribution is -2.18. The lowest BCUT2D eigenvalue weighted by atomic mass is 10.2. The van der Waals surface area contributed by atoms with Gasteiger partial charge < -0.3 is 13.9 Å². The highest BCUT2D eigenvalue weighted by Gasteiger charge is 2.12. The number of nitrogens with zero attached hydrogens (tertiary/aromatic N) is 2. The van der Waals surface area contributed by atoms with Crippen LogP contribution in [0.25, 0.3) is 11.5 Å². The van der Waals surface area contributed by atoms with Gasteiger partial charge in [0.1, 0.15) is 5.69 Å². The van der Waals surface area contributed by atoms with E-state index in [2.05, 4.69) is 20.7 Å². The summed E-state index contributed by atoms with van der Waals surface area (Å²) in [7, 11) is 1.56. The first kappa shape index (κ1) is 17.3. The van der Waals surface area contributed by atoms with E-state index in [1.54, 1.807) is 43.7 Å². The monoisotopic (exact) mass is 354 g/mol. The fraction of sp³-hybridized carbons (Fsp3) is 0.167. The van der Waals surface area contributed by atoms with Gasteiger partial charge in [-0.1, -0.05) is 0 Å². The number of aromatic amines is 1. The first-order valence-electron chi connectivity index (χ1n) is 7.94. The molecule has 0 unspecified atom stereocenters. The van der Waals surface area contributed by atoms with Crippen LogP contribution in [-0.2, 0) is 0 Å². The number of carbonyl (C=O) groups is 1. The van der Waals surface area contributed by atoms with Crippen molar-refractivity contribution in [2.75, 3.05) is 13.7 Å². The number of methoxy groups -OCH3 is 1. The minimum atomic E-state index is -0.437. The van der Waals surface area contributed by atoms with Gasteiger partial charge in [-0.3, -0.25) is 9.89 Å². The van der Waals surface area contributed by atoms with E-state index in [4.69, 9.17) is 13.9 Å². The molecule has 0 radical (unpaired) electrons. The number of amides is 1. The summed E-state index contributed by atoms with van der Waals surface area (Å²) < 4.78 is 16.0. The van der Waals surface area contributed by atoms with E-state index in [0.717, 1.165) is 5.56 Å². The van der Waals surface area contributed by atoms with Crippen molar-refractivity contribution in [2.24, 2.45) is 5.10 Å². The summed E-state index contributed by atoms with van der Waals surface area (Å²) in [5.74, 6) is 1.41. The number of hydrogen-bond acceptors (Lipinski definition) is 6. The molecule has 8 nitrogen and oxygen atoms in total. The van der Waals surface area contributed by atoms with Gasteiger partial charge in [0.2, 0.25) is 0 Å². The molecule has 8 heteroatoms. The Bertz CT molecular complexity index is 900. The van der Waals surface area contributed by atoms with Crippen molar-refractivity contribution in [2.45, 2.75) is 6.92 Å². The van der Waals surface area contributed by atoms with E-state index < -0.39 is 5.91 Å². The Kier molecular flexibility index (Phi) is 5.33. The van der Waals surface area contributed by atoms with Gasteiger partial charge in [0.05, 0.1) is 26.2 Å². The van der Waals surface area contributed by atoms with E-state index in [0.29, 0.717) is 29.6 Å². The highest BCUT2D eigenvalue weighted by Crippen LogP contribution is 2.27. The summed E-state index contributed by atoms with van der Waals surface area (Å²) in [6.07, 6.45) is 3.06. The van der Waals surface area contributed by atoms with Gasteiger partial charge >= 0.3 is 0 Å². The number of hydrazone groups is 1. The summed E-state index contributed by atoms with van der Waals surface area (Å²) >= 11 is 0. The number of nitrogens with one attached hydrogen (secondary N) is 2. The average Bonchev–Trinajstić information content (AvgIpc) is 3.34. The fourth-order valence-corrected chi connectivity index (χ4v) is 2.26. The van der Waals surface area contributed by atoms with E-state index in [9.17, 15) is 4.79 Å². The molecule has 0 spiro atoms. The predicted octanol–water partition coefficient (Wildman–Crippen LogP) is 2.84. The molecule has 134 valence electrons. The molecule has 1 amide bonds. The zero-order valence-electron chi connectivity index (χ0n) is 14.4. The van der Waals surface area contributed by atoms with Gasteiger partial charge in [-0.2, -0.15) is 10.2 Å². The van der Waals surface area contributed by atoms with Gasteiger partial charge in [-0.25, -0.2) is 5.43 Å². The molecule has 2 N–H and O–H groups in total. The lowest BCUT2D eigenvalue weighted by Gasteiger charge is -2.09. The second-order valence-electron chi connectivity index (χ2n) is 5.19. The topological polar surface area (TPSA) is 102 Å². The molecule has 0 fully saturated rings. The van der Waals surface area contributed by atoms with Crippen LogP contribution < -0.4 is 14.9 Å². The molecule has 0 aliphatic carbocycles. The smallest absolute Gasteiger partial charge is 0.291 e. The summed E-state index contributed by atoms with van der Waals surface area (Å²) in [6, 6.07) is 10.5. The van der Waals surface area contributed by atoms with Crippen LogP contribution in [0.4, 0.5) is 0 Å². The number of hydrogen-bond donors (Lipinski definition) is 2. The van der Waals surface area contributed by atoms with E-state index >= 15 is 0 Å². The summed E-state index contributed by atoms with van der Waals surface area (Å²) in [4.78, 5) is 12.1. The molecule has 26 heavy (non-hydrogen) atoms. The Labute approximate surface area is 149 Å². The third-order valence-corrected chi connectivity index (χ3v) is 3.46. The normalized spacial score (nSPS) is 10.8. The number of benzene rings is 1. The van der Waals surface area contributed by atoms with Gasteiger partial charge in [0.25, 0.3) is 5.91 Å². The number of rotatable bonds is 7. The van der Waals surface area contributed by atoms with Crippen LogP contribution in [0.3, 0.4) is 0 Å². The van der Waals surface area contributed by atoms with Gasteiger partial charge in [0, 0.05) is 6.07 Å². The van der Waals surface area contributed by atoms with Crippen molar-refractivity contribution < 1.29 is 18.7 Å². The maximum absolute atomic E-state index is 12.1. The summed E-state index contributed by atoms with van der Waals surface area (Å²) in [6.45, 7) is 2.44.